The molecule has 2 N–H and O–H groups in total. The molecule has 1 spiro atoms. The van der Waals surface area contributed by atoms with E-state index in [9.17, 15) is 14.4 Å². The Labute approximate surface area is 197 Å². The molecule has 0 aromatic heterocycles. The number of carbonyl (C=O) groups excluding carboxylic acids is 3. The maximum Gasteiger partial charge on any atom is 0.341 e. The van der Waals surface area contributed by atoms with Gasteiger partial charge in [-0.25, -0.2) is 4.79 Å². The average Bonchev–Trinajstić information content (AvgIpc) is 3.07. The number of allylic oxidation sites excluding steroid dienone is 1. The van der Waals surface area contributed by atoms with Gasteiger partial charge in [-0.3, -0.25) is 9.59 Å². The second kappa shape index (κ2) is 8.17. The number of carbonyl (C=O) groups is 3. The van der Waals surface area contributed by atoms with Gasteiger partial charge in [0.05, 0.1) is 12.2 Å². The van der Waals surface area contributed by atoms with Crippen LogP contribution in [0.2, 0.25) is 0 Å². The lowest BCUT2D eigenvalue weighted by Gasteiger charge is -2.40. The fraction of sp³-hybridized carbons (Fsp3) is 0.296. The number of anilines is 1. The quantitative estimate of drug-likeness (QED) is 0.705. The lowest BCUT2D eigenvalue weighted by atomic mass is 9.63. The molecule has 2 aromatic rings. The van der Waals surface area contributed by atoms with Crippen LogP contribution in [0.3, 0.4) is 0 Å². The average molecular weight is 459 g/mol. The number of likely N-dealkylation sites (N-methyl/N-ethyl adjacent to an activating group) is 1. The number of nitrogens with zero attached hydrogens (tertiary/aromatic N) is 1. The highest BCUT2D eigenvalue weighted by atomic mass is 16.5. The SMILES string of the molecule is CCOC(=O)C1=C(N)OC2=C(C(=O)C[C@H](c3ccccc3)C2)[C@]12C(=O)N(CC)c1ccccc12. The molecule has 0 unspecified atom stereocenters. The molecule has 7 nitrogen and oxygen atoms in total. The summed E-state index contributed by atoms with van der Waals surface area (Å²) in [7, 11) is 0. The summed E-state index contributed by atoms with van der Waals surface area (Å²) in [5.74, 6) is -1.34. The van der Waals surface area contributed by atoms with Crippen LogP contribution in [0.5, 0.6) is 0 Å². The van der Waals surface area contributed by atoms with E-state index in [0.717, 1.165) is 5.56 Å². The summed E-state index contributed by atoms with van der Waals surface area (Å²) in [5, 5.41) is 0. The van der Waals surface area contributed by atoms with Gasteiger partial charge in [0, 0.05) is 30.6 Å². The largest absolute Gasteiger partial charge is 0.462 e. The summed E-state index contributed by atoms with van der Waals surface area (Å²) in [6.45, 7) is 4.00. The van der Waals surface area contributed by atoms with E-state index in [0.29, 0.717) is 30.0 Å². The fourth-order valence-electron chi connectivity index (χ4n) is 5.55. The predicted molar refractivity (Wildman–Crippen MR) is 126 cm³/mol. The van der Waals surface area contributed by atoms with Crippen LogP contribution in [0.4, 0.5) is 5.69 Å². The van der Waals surface area contributed by atoms with Gasteiger partial charge in [0.25, 0.3) is 0 Å². The molecule has 0 bridgehead atoms. The van der Waals surface area contributed by atoms with Crippen LogP contribution < -0.4 is 10.6 Å². The number of amides is 1. The third-order valence-corrected chi connectivity index (χ3v) is 6.88. The molecule has 2 aliphatic heterocycles. The summed E-state index contributed by atoms with van der Waals surface area (Å²) in [4.78, 5) is 42.8. The Morgan fingerprint density at radius 1 is 1.09 bits per heavy atom. The van der Waals surface area contributed by atoms with E-state index in [2.05, 4.69) is 0 Å². The standard InChI is InChI=1S/C27H26N2O5/c1-3-29-19-13-9-8-12-18(19)27(26(29)32)22-20(30)14-17(16-10-6-5-7-11-16)15-21(22)34-24(28)23(27)25(31)33-4-2/h5-13,17H,3-4,14-15,28H2,1-2H3/t17-,27-/m0/s1. The number of hydrogen-bond acceptors (Lipinski definition) is 6. The van der Waals surface area contributed by atoms with Crippen molar-refractivity contribution in [2.75, 3.05) is 18.1 Å². The van der Waals surface area contributed by atoms with Crippen LogP contribution in [-0.4, -0.2) is 30.8 Å². The number of nitrogens with two attached hydrogens (primary N) is 1. The Hall–Kier alpha value is -3.87. The number of benzene rings is 2. The van der Waals surface area contributed by atoms with E-state index in [-0.39, 0.29) is 47.7 Å². The second-order valence-electron chi connectivity index (χ2n) is 8.62. The molecule has 174 valence electrons. The molecular formula is C27H26N2O5. The number of fused-ring (bicyclic) bond motifs is 3. The molecule has 5 rings (SSSR count). The number of Topliss-reactive ketones (excluding diaryl/α,β-unsaturated/α-hetero) is 1. The van der Waals surface area contributed by atoms with E-state index >= 15 is 0 Å². The zero-order valence-corrected chi connectivity index (χ0v) is 19.2. The number of rotatable bonds is 4. The fourth-order valence-corrected chi connectivity index (χ4v) is 5.55. The van der Waals surface area contributed by atoms with Crippen LogP contribution in [0.25, 0.3) is 0 Å². The highest BCUT2D eigenvalue weighted by Gasteiger charge is 2.64. The zero-order valence-electron chi connectivity index (χ0n) is 19.2. The Balaban J connectivity index is 1.77. The Bertz CT molecular complexity index is 1260. The van der Waals surface area contributed by atoms with Crippen LogP contribution in [0.15, 0.2) is 77.4 Å². The van der Waals surface area contributed by atoms with E-state index in [4.69, 9.17) is 15.2 Å². The first-order chi connectivity index (χ1) is 16.4. The first-order valence-corrected chi connectivity index (χ1v) is 11.5. The van der Waals surface area contributed by atoms with Crippen molar-refractivity contribution < 1.29 is 23.9 Å². The van der Waals surface area contributed by atoms with Crippen molar-refractivity contribution in [3.8, 4) is 0 Å². The molecule has 1 aliphatic carbocycles. The van der Waals surface area contributed by atoms with Gasteiger partial charge in [-0.1, -0.05) is 48.5 Å². The van der Waals surface area contributed by atoms with Crippen LogP contribution in [0, 0.1) is 0 Å². The maximum atomic E-state index is 14.2. The van der Waals surface area contributed by atoms with E-state index in [1.807, 2.05) is 49.4 Å². The first kappa shape index (κ1) is 21.9. The minimum Gasteiger partial charge on any atom is -0.462 e. The molecule has 3 aliphatic rings. The van der Waals surface area contributed by atoms with Gasteiger partial charge >= 0.3 is 5.97 Å². The van der Waals surface area contributed by atoms with Gasteiger partial charge in [0.1, 0.15) is 16.7 Å². The van der Waals surface area contributed by atoms with Gasteiger partial charge in [0.2, 0.25) is 11.8 Å². The van der Waals surface area contributed by atoms with Gasteiger partial charge in [-0.15, -0.1) is 0 Å². The lowest BCUT2D eigenvalue weighted by molar-refractivity contribution is -0.141. The first-order valence-electron chi connectivity index (χ1n) is 11.5. The molecule has 0 saturated heterocycles. The number of para-hydroxylation sites is 1. The normalized spacial score (nSPS) is 23.7. The second-order valence-corrected chi connectivity index (χ2v) is 8.62. The molecule has 2 atom stereocenters. The predicted octanol–water partition coefficient (Wildman–Crippen LogP) is 3.46. The third-order valence-electron chi connectivity index (χ3n) is 6.88. The molecule has 7 heteroatoms. The molecule has 0 saturated carbocycles. The van der Waals surface area contributed by atoms with E-state index in [1.165, 1.54) is 0 Å². The van der Waals surface area contributed by atoms with Gasteiger partial charge in [-0.2, -0.15) is 0 Å². The lowest BCUT2D eigenvalue weighted by Crippen LogP contribution is -2.51. The zero-order chi connectivity index (χ0) is 24.0. The summed E-state index contributed by atoms with van der Waals surface area (Å²) in [6.07, 6.45) is 0.594. The van der Waals surface area contributed by atoms with Crippen LogP contribution >= 0.6 is 0 Å². The number of esters is 1. The summed E-state index contributed by atoms with van der Waals surface area (Å²) in [6, 6.07) is 16.9. The van der Waals surface area contributed by atoms with Crippen molar-refractivity contribution in [2.45, 2.75) is 38.0 Å². The smallest absolute Gasteiger partial charge is 0.341 e. The minimum atomic E-state index is -1.69. The highest BCUT2D eigenvalue weighted by molar-refractivity contribution is 6.23. The van der Waals surface area contributed by atoms with Crippen molar-refractivity contribution in [3.63, 3.8) is 0 Å². The molecule has 2 aromatic carbocycles. The molecule has 0 radical (unpaired) electrons. The van der Waals surface area contributed by atoms with Gasteiger partial charge in [0.15, 0.2) is 5.78 Å². The Morgan fingerprint density at radius 3 is 2.50 bits per heavy atom. The molecule has 34 heavy (non-hydrogen) atoms. The highest BCUT2D eigenvalue weighted by Crippen LogP contribution is 2.57. The molecular weight excluding hydrogens is 432 g/mol. The van der Waals surface area contributed by atoms with E-state index < -0.39 is 11.4 Å². The molecule has 1 amide bonds. The van der Waals surface area contributed by atoms with Crippen molar-refractivity contribution >= 4 is 23.3 Å². The number of hydrogen-bond donors (Lipinski definition) is 1. The number of ether oxygens (including phenoxy) is 2. The van der Waals surface area contributed by atoms with Crippen molar-refractivity contribution in [2.24, 2.45) is 5.73 Å². The topological polar surface area (TPSA) is 98.9 Å². The van der Waals surface area contributed by atoms with Crippen LogP contribution in [-0.2, 0) is 29.3 Å². The summed E-state index contributed by atoms with van der Waals surface area (Å²) < 4.78 is 11.3. The Morgan fingerprint density at radius 2 is 1.79 bits per heavy atom. The van der Waals surface area contributed by atoms with Crippen molar-refractivity contribution in [3.05, 3.63) is 88.5 Å². The molecule has 2 heterocycles. The van der Waals surface area contributed by atoms with Crippen molar-refractivity contribution in [1.29, 1.82) is 0 Å². The third kappa shape index (κ3) is 2.93. The summed E-state index contributed by atoms with van der Waals surface area (Å²) >= 11 is 0. The minimum absolute atomic E-state index is 0.0922. The monoisotopic (exact) mass is 458 g/mol. The van der Waals surface area contributed by atoms with Crippen LogP contribution in [0.1, 0.15) is 43.7 Å². The summed E-state index contributed by atoms with van der Waals surface area (Å²) in [5.41, 5.74) is 6.95. The Kier molecular flexibility index (Phi) is 5.27. The van der Waals surface area contributed by atoms with Gasteiger partial charge in [-0.05, 0) is 31.4 Å². The van der Waals surface area contributed by atoms with Gasteiger partial charge < -0.3 is 20.1 Å². The van der Waals surface area contributed by atoms with E-state index in [1.54, 1.807) is 24.0 Å². The molecule has 0 fully saturated rings. The maximum absolute atomic E-state index is 14.2. The van der Waals surface area contributed by atoms with Crippen molar-refractivity contribution in [1.82, 2.24) is 0 Å². The number of ketones is 1.